The van der Waals surface area contributed by atoms with Crippen molar-refractivity contribution in [2.24, 2.45) is 0 Å². The lowest BCUT2D eigenvalue weighted by Crippen LogP contribution is -2.44. The van der Waals surface area contributed by atoms with Crippen LogP contribution in [0.3, 0.4) is 0 Å². The smallest absolute Gasteiger partial charge is 0.0791 e. The Kier molecular flexibility index (Phi) is 6.59. The van der Waals surface area contributed by atoms with Crippen molar-refractivity contribution in [3.05, 3.63) is 60.2 Å². The SMILES string of the molecule is CC(NCC(O)CN1CCOCC1)c1ccc(-c2ccccc2)cc1. The molecule has 1 saturated heterocycles. The number of nitrogens with one attached hydrogen (secondary N) is 1. The Morgan fingerprint density at radius 2 is 1.64 bits per heavy atom. The number of morpholine rings is 1. The Morgan fingerprint density at radius 3 is 2.32 bits per heavy atom. The van der Waals surface area contributed by atoms with Gasteiger partial charge in [-0.15, -0.1) is 0 Å². The van der Waals surface area contributed by atoms with Gasteiger partial charge in [-0.05, 0) is 23.6 Å². The predicted octanol–water partition coefficient (Wildman–Crippen LogP) is 2.70. The van der Waals surface area contributed by atoms with Gasteiger partial charge in [0.25, 0.3) is 0 Å². The van der Waals surface area contributed by atoms with Crippen LogP contribution in [0.4, 0.5) is 0 Å². The molecule has 0 amide bonds. The Bertz CT molecular complexity index is 624. The molecular formula is C21H28N2O2. The highest BCUT2D eigenvalue weighted by atomic mass is 16.5. The number of benzene rings is 2. The van der Waals surface area contributed by atoms with Crippen LogP contribution >= 0.6 is 0 Å². The minimum atomic E-state index is -0.357. The van der Waals surface area contributed by atoms with Gasteiger partial charge in [0.2, 0.25) is 0 Å². The van der Waals surface area contributed by atoms with Gasteiger partial charge in [0, 0.05) is 32.2 Å². The van der Waals surface area contributed by atoms with Gasteiger partial charge in [0.1, 0.15) is 0 Å². The number of hydrogen-bond acceptors (Lipinski definition) is 4. The molecule has 0 aromatic heterocycles. The summed E-state index contributed by atoms with van der Waals surface area (Å²) in [7, 11) is 0. The normalized spacial score (nSPS) is 18.0. The summed E-state index contributed by atoms with van der Waals surface area (Å²) in [6.45, 7) is 6.80. The molecular weight excluding hydrogens is 312 g/mol. The minimum Gasteiger partial charge on any atom is -0.390 e. The number of hydrogen-bond donors (Lipinski definition) is 2. The van der Waals surface area contributed by atoms with E-state index in [9.17, 15) is 5.11 Å². The lowest BCUT2D eigenvalue weighted by Gasteiger charge is -2.29. The highest BCUT2D eigenvalue weighted by Gasteiger charge is 2.15. The molecule has 0 bridgehead atoms. The summed E-state index contributed by atoms with van der Waals surface area (Å²) in [6, 6.07) is 19.3. The second-order valence-corrected chi connectivity index (χ2v) is 6.68. The van der Waals surface area contributed by atoms with E-state index in [2.05, 4.69) is 65.7 Å². The van der Waals surface area contributed by atoms with E-state index < -0.39 is 0 Å². The van der Waals surface area contributed by atoms with Crippen LogP contribution in [-0.4, -0.2) is 55.5 Å². The van der Waals surface area contributed by atoms with E-state index >= 15 is 0 Å². The number of ether oxygens (including phenoxy) is 1. The third-order valence-corrected chi connectivity index (χ3v) is 4.75. The van der Waals surface area contributed by atoms with Gasteiger partial charge in [-0.1, -0.05) is 54.6 Å². The molecule has 1 heterocycles. The predicted molar refractivity (Wildman–Crippen MR) is 102 cm³/mol. The van der Waals surface area contributed by atoms with E-state index in [1.807, 2.05) is 6.07 Å². The van der Waals surface area contributed by atoms with Crippen molar-refractivity contribution < 1.29 is 9.84 Å². The van der Waals surface area contributed by atoms with E-state index in [4.69, 9.17) is 4.74 Å². The fourth-order valence-corrected chi connectivity index (χ4v) is 3.17. The first-order valence-electron chi connectivity index (χ1n) is 9.09. The van der Waals surface area contributed by atoms with Crippen molar-refractivity contribution in [2.75, 3.05) is 39.4 Å². The fraction of sp³-hybridized carbons (Fsp3) is 0.429. The third kappa shape index (κ3) is 5.38. The van der Waals surface area contributed by atoms with Crippen molar-refractivity contribution in [3.63, 3.8) is 0 Å². The summed E-state index contributed by atoms with van der Waals surface area (Å²) in [5.74, 6) is 0. The van der Waals surface area contributed by atoms with Crippen LogP contribution in [-0.2, 0) is 4.74 Å². The maximum absolute atomic E-state index is 10.2. The van der Waals surface area contributed by atoms with Crippen molar-refractivity contribution in [1.82, 2.24) is 10.2 Å². The molecule has 2 N–H and O–H groups in total. The van der Waals surface area contributed by atoms with Crippen LogP contribution < -0.4 is 5.32 Å². The molecule has 2 atom stereocenters. The van der Waals surface area contributed by atoms with Gasteiger partial charge in [-0.3, -0.25) is 4.90 Å². The average molecular weight is 340 g/mol. The first-order valence-corrected chi connectivity index (χ1v) is 9.09. The summed E-state index contributed by atoms with van der Waals surface area (Å²) < 4.78 is 5.34. The second-order valence-electron chi connectivity index (χ2n) is 6.68. The van der Waals surface area contributed by atoms with Crippen molar-refractivity contribution in [3.8, 4) is 11.1 Å². The summed E-state index contributed by atoms with van der Waals surface area (Å²) in [5.41, 5.74) is 3.69. The molecule has 0 radical (unpaired) electrons. The van der Waals surface area contributed by atoms with Crippen LogP contribution in [0.1, 0.15) is 18.5 Å². The van der Waals surface area contributed by atoms with E-state index in [0.29, 0.717) is 13.1 Å². The Hall–Kier alpha value is -1.72. The summed E-state index contributed by atoms with van der Waals surface area (Å²) in [5, 5.41) is 13.7. The molecule has 4 heteroatoms. The molecule has 1 fully saturated rings. The molecule has 2 unspecified atom stereocenters. The maximum atomic E-state index is 10.2. The fourth-order valence-electron chi connectivity index (χ4n) is 3.17. The largest absolute Gasteiger partial charge is 0.390 e. The van der Waals surface area contributed by atoms with E-state index in [0.717, 1.165) is 26.3 Å². The number of β-amino-alcohol motifs (C(OH)–C–C–N with tert-alkyl or cyclic N) is 1. The minimum absolute atomic E-state index is 0.212. The van der Waals surface area contributed by atoms with Crippen LogP contribution in [0.2, 0.25) is 0 Å². The van der Waals surface area contributed by atoms with E-state index in [1.54, 1.807) is 0 Å². The Morgan fingerprint density at radius 1 is 1.00 bits per heavy atom. The van der Waals surface area contributed by atoms with Gasteiger partial charge >= 0.3 is 0 Å². The Labute approximate surface area is 150 Å². The summed E-state index contributed by atoms with van der Waals surface area (Å²) in [6.07, 6.45) is -0.357. The van der Waals surface area contributed by atoms with Gasteiger partial charge < -0.3 is 15.2 Å². The molecule has 1 aliphatic rings. The van der Waals surface area contributed by atoms with Gasteiger partial charge in [0.15, 0.2) is 0 Å². The monoisotopic (exact) mass is 340 g/mol. The quantitative estimate of drug-likeness (QED) is 0.813. The number of nitrogens with zero attached hydrogens (tertiary/aromatic N) is 1. The van der Waals surface area contributed by atoms with Crippen molar-refractivity contribution in [2.45, 2.75) is 19.1 Å². The van der Waals surface area contributed by atoms with Crippen LogP contribution in [0, 0.1) is 0 Å². The zero-order valence-electron chi connectivity index (χ0n) is 14.9. The highest BCUT2D eigenvalue weighted by molar-refractivity contribution is 5.63. The molecule has 134 valence electrons. The zero-order valence-corrected chi connectivity index (χ0v) is 14.9. The molecule has 1 aliphatic heterocycles. The Balaban J connectivity index is 1.48. The number of rotatable bonds is 7. The number of aliphatic hydroxyl groups is 1. The molecule has 0 saturated carbocycles. The van der Waals surface area contributed by atoms with Gasteiger partial charge in [-0.25, -0.2) is 0 Å². The lowest BCUT2D eigenvalue weighted by atomic mass is 10.0. The first kappa shape index (κ1) is 18.1. The maximum Gasteiger partial charge on any atom is 0.0791 e. The van der Waals surface area contributed by atoms with E-state index in [-0.39, 0.29) is 12.1 Å². The molecule has 25 heavy (non-hydrogen) atoms. The number of aliphatic hydroxyl groups excluding tert-OH is 1. The molecule has 2 aromatic rings. The van der Waals surface area contributed by atoms with Crippen molar-refractivity contribution >= 4 is 0 Å². The molecule has 3 rings (SSSR count). The average Bonchev–Trinajstić information content (AvgIpc) is 2.68. The van der Waals surface area contributed by atoms with Crippen LogP contribution in [0.25, 0.3) is 11.1 Å². The zero-order chi connectivity index (χ0) is 17.5. The first-order chi connectivity index (χ1) is 12.2. The van der Waals surface area contributed by atoms with Crippen LogP contribution in [0.5, 0.6) is 0 Å². The van der Waals surface area contributed by atoms with Gasteiger partial charge in [-0.2, -0.15) is 0 Å². The standard InChI is InChI=1S/C21H28N2O2/c1-17(22-15-21(24)16-23-11-13-25-14-12-23)18-7-9-20(10-8-18)19-5-3-2-4-6-19/h2-10,17,21-22,24H,11-16H2,1H3. The molecule has 4 nitrogen and oxygen atoms in total. The lowest BCUT2D eigenvalue weighted by molar-refractivity contribution is 0.0145. The topological polar surface area (TPSA) is 44.7 Å². The summed E-state index contributed by atoms with van der Waals surface area (Å²) >= 11 is 0. The summed E-state index contributed by atoms with van der Waals surface area (Å²) in [4.78, 5) is 2.26. The van der Waals surface area contributed by atoms with Crippen LogP contribution in [0.15, 0.2) is 54.6 Å². The molecule has 2 aromatic carbocycles. The van der Waals surface area contributed by atoms with Crippen molar-refractivity contribution in [1.29, 1.82) is 0 Å². The second kappa shape index (κ2) is 9.11. The van der Waals surface area contributed by atoms with Gasteiger partial charge in [0.05, 0.1) is 19.3 Å². The van der Waals surface area contributed by atoms with E-state index in [1.165, 1.54) is 16.7 Å². The third-order valence-electron chi connectivity index (χ3n) is 4.75. The molecule has 0 spiro atoms. The molecule has 0 aliphatic carbocycles. The highest BCUT2D eigenvalue weighted by Crippen LogP contribution is 2.21.